The number of ketones is 3. The van der Waals surface area contributed by atoms with Gasteiger partial charge in [-0.05, 0) is 113 Å². The number of methoxy groups -OCH3 is 3. The first kappa shape index (κ1) is 55.6. The number of aliphatic hydroxyl groups excluding tert-OH is 1. The molecule has 3 unspecified atom stereocenters. The third-order valence-corrected chi connectivity index (χ3v) is 15.9. The summed E-state index contributed by atoms with van der Waals surface area (Å²) in [6.45, 7) is 12.9. The number of carbonyl (C=O) groups is 5. The van der Waals surface area contributed by atoms with E-state index >= 15 is 0 Å². The lowest BCUT2D eigenvalue weighted by Gasteiger charge is -2.42. The molecule has 15 atom stereocenters. The van der Waals surface area contributed by atoms with Crippen molar-refractivity contribution in [3.8, 4) is 0 Å². The molecule has 4 rings (SSSR count). The molecule has 14 heteroatoms. The molecule has 0 radical (unpaired) electrons. The second-order valence-electron chi connectivity index (χ2n) is 19.8. The largest absolute Gasteiger partial charge is 0.460 e. The van der Waals surface area contributed by atoms with Gasteiger partial charge in [0.25, 0.3) is 11.7 Å². The zero-order chi connectivity index (χ0) is 48.9. The van der Waals surface area contributed by atoms with Crippen LogP contribution in [-0.4, -0.2) is 132 Å². The van der Waals surface area contributed by atoms with Crippen LogP contribution in [0.5, 0.6) is 0 Å². The first-order valence-electron chi connectivity index (χ1n) is 24.3. The first-order valence-corrected chi connectivity index (χ1v) is 25.6. The Morgan fingerprint density at radius 2 is 1.61 bits per heavy atom. The first-order chi connectivity index (χ1) is 31.3. The van der Waals surface area contributed by atoms with E-state index < -0.39 is 77.8 Å². The fourth-order valence-corrected chi connectivity index (χ4v) is 11.3. The van der Waals surface area contributed by atoms with E-state index in [2.05, 4.69) is 6.26 Å². The van der Waals surface area contributed by atoms with Crippen LogP contribution in [0.2, 0.25) is 0 Å². The van der Waals surface area contributed by atoms with Crippen molar-refractivity contribution < 1.29 is 57.9 Å². The summed E-state index contributed by atoms with van der Waals surface area (Å²) in [4.78, 5) is 72.1. The van der Waals surface area contributed by atoms with Crippen LogP contribution in [0.15, 0.2) is 47.6 Å². The molecule has 2 bridgehead atoms. The minimum absolute atomic E-state index is 0.0292. The lowest BCUT2D eigenvalue weighted by Crippen LogP contribution is -2.61. The molecule has 4 aliphatic rings. The topological polar surface area (TPSA) is 175 Å². The van der Waals surface area contributed by atoms with E-state index in [9.17, 15) is 34.2 Å². The molecule has 0 aromatic carbocycles. The van der Waals surface area contributed by atoms with Gasteiger partial charge in [0.2, 0.25) is 5.79 Å². The number of aliphatic hydroxyl groups is 2. The number of cyclic esters (lactones) is 1. The van der Waals surface area contributed by atoms with Crippen LogP contribution in [0.3, 0.4) is 0 Å². The van der Waals surface area contributed by atoms with Crippen molar-refractivity contribution in [2.75, 3.05) is 34.1 Å². The van der Waals surface area contributed by atoms with Crippen molar-refractivity contribution in [3.05, 3.63) is 47.6 Å². The van der Waals surface area contributed by atoms with Crippen molar-refractivity contribution in [2.24, 2.45) is 35.5 Å². The molecular formula is C52H81NO12S. The van der Waals surface area contributed by atoms with Gasteiger partial charge in [-0.3, -0.25) is 19.2 Å². The summed E-state index contributed by atoms with van der Waals surface area (Å²) in [5.41, 5.74) is 1.30. The minimum Gasteiger partial charge on any atom is -0.460 e. The van der Waals surface area contributed by atoms with Crippen LogP contribution in [0.25, 0.3) is 0 Å². The van der Waals surface area contributed by atoms with Crippen LogP contribution in [-0.2, 0) is 47.7 Å². The number of hydrogen-bond donors (Lipinski definition) is 2. The van der Waals surface area contributed by atoms with E-state index in [-0.39, 0.29) is 54.8 Å². The SMILES string of the molecule is CO[C@H]1CC2CC[C@@H](C)[C@@](O)(O2)C(=O)C(=O)N2CCCCC2C(=O)O[C@H]([C@H](C)C[C@@H]2CCC(SC)[C@H](OC)C2)CC(=O)[C@H](C)/C=C(\C)[C@@H](O)[C@@H](OC)C(=O)[C@H](C)C[C@H](C)/C=C/C=CC=C1C. The van der Waals surface area contributed by atoms with Crippen molar-refractivity contribution in [1.29, 1.82) is 0 Å². The van der Waals surface area contributed by atoms with Gasteiger partial charge in [-0.25, -0.2) is 4.79 Å². The number of nitrogens with zero attached hydrogens (tertiary/aromatic N) is 1. The Morgan fingerprint density at radius 3 is 2.27 bits per heavy atom. The van der Waals surface area contributed by atoms with Gasteiger partial charge in [-0.15, -0.1) is 0 Å². The van der Waals surface area contributed by atoms with Gasteiger partial charge >= 0.3 is 5.97 Å². The molecule has 372 valence electrons. The van der Waals surface area contributed by atoms with E-state index in [0.717, 1.165) is 24.8 Å². The molecule has 66 heavy (non-hydrogen) atoms. The summed E-state index contributed by atoms with van der Waals surface area (Å²) >= 11 is 1.80. The maximum atomic E-state index is 14.4. The molecule has 1 amide bonds. The standard InChI is InChI=1S/C52H81NO12S/c1-31-17-13-12-14-18-32(2)42(61-8)29-39-22-20-37(7)52(60,65-39)49(57)50(58)53-24-16-15-19-40(53)51(59)64-43(34(4)27-38-21-23-45(66-11)44(28-38)62-9)30-41(54)33(3)26-36(6)47(56)48(63-10)46(55)35(5)25-31/h12-14,17-18,26,31,33-35,37-40,42-45,47-48,56,60H,15-16,19-25,27-30H2,1-11H3/b14-12?,17-13+,32-18?,36-26+/t31-,33-,34-,35-,37-,38+,39?,40?,42+,43+,44-,45?,47-,48+,52-/m1/s1. The number of fused-ring (bicyclic) bond motifs is 3. The highest BCUT2D eigenvalue weighted by Gasteiger charge is 2.53. The number of esters is 1. The van der Waals surface area contributed by atoms with Gasteiger partial charge in [-0.2, -0.15) is 11.8 Å². The van der Waals surface area contributed by atoms with E-state index in [4.69, 9.17) is 23.7 Å². The van der Waals surface area contributed by atoms with Gasteiger partial charge < -0.3 is 38.8 Å². The van der Waals surface area contributed by atoms with Gasteiger partial charge in [0, 0.05) is 63.7 Å². The second kappa shape index (κ2) is 26.1. The van der Waals surface area contributed by atoms with Crippen LogP contribution >= 0.6 is 11.8 Å². The fourth-order valence-electron chi connectivity index (χ4n) is 10.4. The smallest absolute Gasteiger partial charge is 0.329 e. The number of Topliss-reactive ketones (excluding diaryl/α,β-unsaturated/α-hetero) is 3. The number of carbonyl (C=O) groups excluding carboxylic acids is 5. The number of thioether (sulfide) groups is 1. The highest BCUT2D eigenvalue weighted by atomic mass is 32.2. The van der Waals surface area contributed by atoms with Crippen molar-refractivity contribution in [3.63, 3.8) is 0 Å². The molecule has 1 saturated carbocycles. The fraction of sp³-hybridized carbons (Fsp3) is 0.750. The third-order valence-electron chi connectivity index (χ3n) is 14.8. The Bertz CT molecular complexity index is 1780. The molecule has 3 aliphatic heterocycles. The number of allylic oxidation sites excluding steroid dienone is 6. The quantitative estimate of drug-likeness (QED) is 0.146. The summed E-state index contributed by atoms with van der Waals surface area (Å²) in [6, 6.07) is -1.11. The molecule has 13 nitrogen and oxygen atoms in total. The molecule has 0 aromatic rings. The Labute approximate surface area is 398 Å². The zero-order valence-electron chi connectivity index (χ0n) is 41.6. The number of hydrogen-bond acceptors (Lipinski definition) is 13. The predicted molar refractivity (Wildman–Crippen MR) is 256 cm³/mol. The average molecular weight is 944 g/mol. The molecule has 2 N–H and O–H groups in total. The van der Waals surface area contributed by atoms with Gasteiger partial charge in [0.05, 0.1) is 18.3 Å². The average Bonchev–Trinajstić information content (AvgIpc) is 3.30. The highest BCUT2D eigenvalue weighted by molar-refractivity contribution is 7.99. The van der Waals surface area contributed by atoms with Crippen LogP contribution in [0.4, 0.5) is 0 Å². The number of ether oxygens (including phenoxy) is 5. The summed E-state index contributed by atoms with van der Waals surface area (Å²) < 4.78 is 29.8. The van der Waals surface area contributed by atoms with E-state index in [1.165, 1.54) is 12.0 Å². The number of rotatable bonds is 7. The maximum absolute atomic E-state index is 14.4. The molecule has 0 aromatic heterocycles. The summed E-state index contributed by atoms with van der Waals surface area (Å²) in [5.74, 6) is -7.52. The Morgan fingerprint density at radius 1 is 0.879 bits per heavy atom. The number of piperidine rings is 1. The van der Waals surface area contributed by atoms with Gasteiger partial charge in [-0.1, -0.05) is 71.1 Å². The van der Waals surface area contributed by atoms with Gasteiger partial charge in [0.1, 0.15) is 30.1 Å². The Kier molecular flexibility index (Phi) is 22.0. The third kappa shape index (κ3) is 14.5. The minimum atomic E-state index is -2.41. The lowest BCUT2D eigenvalue weighted by molar-refractivity contribution is -0.265. The van der Waals surface area contributed by atoms with Crippen LogP contribution in [0, 0.1) is 35.5 Å². The summed E-state index contributed by atoms with van der Waals surface area (Å²) in [6.07, 6.45) is 15.6. The summed E-state index contributed by atoms with van der Waals surface area (Å²) in [7, 11) is 4.71. The number of amides is 1. The normalized spacial score (nSPS) is 38.7. The lowest BCUT2D eigenvalue weighted by atomic mass is 9.79. The van der Waals surface area contributed by atoms with Crippen molar-refractivity contribution in [1.82, 2.24) is 4.90 Å². The van der Waals surface area contributed by atoms with Gasteiger partial charge in [0.15, 0.2) is 5.78 Å². The van der Waals surface area contributed by atoms with Crippen molar-refractivity contribution >= 4 is 41.0 Å². The predicted octanol–water partition coefficient (Wildman–Crippen LogP) is 7.55. The highest BCUT2D eigenvalue weighted by Crippen LogP contribution is 2.39. The maximum Gasteiger partial charge on any atom is 0.329 e. The molecular weight excluding hydrogens is 863 g/mol. The van der Waals surface area contributed by atoms with Crippen molar-refractivity contribution in [2.45, 2.75) is 179 Å². The van der Waals surface area contributed by atoms with Crippen LogP contribution < -0.4 is 0 Å². The second-order valence-corrected chi connectivity index (χ2v) is 20.9. The Balaban J connectivity index is 1.70. The van der Waals surface area contributed by atoms with E-state index in [1.807, 2.05) is 58.1 Å². The monoisotopic (exact) mass is 944 g/mol. The van der Waals surface area contributed by atoms with E-state index in [1.54, 1.807) is 52.8 Å². The zero-order valence-corrected chi connectivity index (χ0v) is 42.4. The summed E-state index contributed by atoms with van der Waals surface area (Å²) in [5, 5.41) is 23.8. The van der Waals surface area contributed by atoms with E-state index in [0.29, 0.717) is 55.8 Å². The molecule has 3 heterocycles. The molecule has 3 fully saturated rings. The molecule has 1 aliphatic carbocycles. The van der Waals surface area contributed by atoms with Crippen LogP contribution in [0.1, 0.15) is 126 Å². The molecule has 2 saturated heterocycles. The Hall–Kier alpha value is -2.98. The molecule has 0 spiro atoms.